The van der Waals surface area contributed by atoms with Crippen LogP contribution < -0.4 is 0 Å². The topological polar surface area (TPSA) is 101 Å². The molecule has 3 aromatic rings. The lowest BCUT2D eigenvalue weighted by molar-refractivity contribution is -0.109. The van der Waals surface area contributed by atoms with Crippen molar-refractivity contribution in [3.63, 3.8) is 0 Å². The van der Waals surface area contributed by atoms with Crippen LogP contribution in [0.1, 0.15) is 90.8 Å². The summed E-state index contributed by atoms with van der Waals surface area (Å²) in [7, 11) is -4.02. The molecule has 46 heavy (non-hydrogen) atoms. The van der Waals surface area contributed by atoms with Gasteiger partial charge in [0.25, 0.3) is 10.1 Å². The highest BCUT2D eigenvalue weighted by atomic mass is 35.5. The summed E-state index contributed by atoms with van der Waals surface area (Å²) in [4.78, 5) is 10.8. The van der Waals surface area contributed by atoms with Gasteiger partial charge in [-0.3, -0.25) is 4.55 Å². The van der Waals surface area contributed by atoms with Gasteiger partial charge in [-0.2, -0.15) is 8.42 Å². The Bertz CT molecular complexity index is 1410. The minimum absolute atomic E-state index is 0. The fourth-order valence-electron chi connectivity index (χ4n) is 3.96. The van der Waals surface area contributed by atoms with Crippen LogP contribution in [0.25, 0.3) is 5.57 Å². The van der Waals surface area contributed by atoms with Gasteiger partial charge >= 0.3 is 0 Å². The van der Waals surface area contributed by atoms with Crippen LogP contribution in [-0.4, -0.2) is 36.6 Å². The number of aliphatic hydroxyl groups is 1. The van der Waals surface area contributed by atoms with E-state index in [0.29, 0.717) is 11.8 Å². The molecule has 256 valence electrons. The normalized spacial score (nSPS) is 14.5. The van der Waals surface area contributed by atoms with Gasteiger partial charge in [0.1, 0.15) is 6.29 Å². The maximum atomic E-state index is 10.8. The van der Waals surface area contributed by atoms with Gasteiger partial charge in [-0.05, 0) is 125 Å². The van der Waals surface area contributed by atoms with Gasteiger partial charge in [-0.1, -0.05) is 80.0 Å². The molecule has 3 aromatic carbocycles. The molecule has 0 spiro atoms. The quantitative estimate of drug-likeness (QED) is 0.138. The highest BCUT2D eigenvalue weighted by molar-refractivity contribution is 7.85. The number of benzene rings is 3. The number of aldehydes is 1. The Morgan fingerprint density at radius 3 is 1.65 bits per heavy atom. The number of halogens is 2. The van der Waals surface area contributed by atoms with E-state index in [0.717, 1.165) is 27.5 Å². The summed E-state index contributed by atoms with van der Waals surface area (Å²) in [5.74, 6) is 1.36. The van der Waals surface area contributed by atoms with Crippen LogP contribution >= 0.6 is 23.2 Å². The van der Waals surface area contributed by atoms with Gasteiger partial charge < -0.3 is 14.6 Å². The van der Waals surface area contributed by atoms with Crippen LogP contribution in [-0.2, 0) is 19.6 Å². The smallest absolute Gasteiger partial charge is 0.294 e. The molecule has 0 heterocycles. The summed E-state index contributed by atoms with van der Waals surface area (Å²) < 4.78 is 35.1. The average Bonchev–Trinajstić information content (AvgIpc) is 3.87. The molecule has 1 unspecified atom stereocenters. The van der Waals surface area contributed by atoms with Gasteiger partial charge in [-0.25, -0.2) is 0 Å². The zero-order valence-electron chi connectivity index (χ0n) is 26.0. The Balaban J connectivity index is 0.000000619. The summed E-state index contributed by atoms with van der Waals surface area (Å²) in [6, 6.07) is 21.6. The zero-order valence-corrected chi connectivity index (χ0v) is 28.3. The van der Waals surface area contributed by atoms with E-state index in [1.54, 1.807) is 26.0 Å². The van der Waals surface area contributed by atoms with Crippen molar-refractivity contribution in [1.29, 1.82) is 0 Å². The number of allylic oxidation sites excluding steroid dienone is 1. The first-order valence-corrected chi connectivity index (χ1v) is 16.9. The molecule has 2 saturated carbocycles. The molecule has 2 aliphatic rings. The Morgan fingerprint density at radius 2 is 1.28 bits per heavy atom. The summed E-state index contributed by atoms with van der Waals surface area (Å²) in [5, 5.41) is 9.56. The molecular formula is C37H52Cl2O6S. The summed E-state index contributed by atoms with van der Waals surface area (Å²) >= 11 is 11.7. The predicted molar refractivity (Wildman–Crippen MR) is 193 cm³/mol. The molecule has 0 amide bonds. The van der Waals surface area contributed by atoms with Crippen LogP contribution in [0.15, 0.2) is 84.0 Å². The monoisotopic (exact) mass is 694 g/mol. The fraction of sp³-hybridized carbons (Fsp3) is 0.432. The molecule has 5 rings (SSSR count). The lowest BCUT2D eigenvalue weighted by atomic mass is 9.96. The number of aryl methyl sites for hydroxylation is 1. The lowest BCUT2D eigenvalue weighted by Crippen LogP contribution is -2.01. The molecule has 0 saturated heterocycles. The van der Waals surface area contributed by atoms with E-state index < -0.39 is 10.1 Å². The van der Waals surface area contributed by atoms with E-state index in [1.165, 1.54) is 49.0 Å². The second-order valence-electron chi connectivity index (χ2n) is 11.5. The van der Waals surface area contributed by atoms with Crippen LogP contribution in [0.4, 0.5) is 0 Å². The lowest BCUT2D eigenvalue weighted by Gasteiger charge is -2.10. The minimum Gasteiger partial charge on any atom is -0.498 e. The first-order chi connectivity index (χ1) is 20.7. The van der Waals surface area contributed by atoms with Crippen molar-refractivity contribution in [3.8, 4) is 0 Å². The first kappa shape index (κ1) is 43.3. The van der Waals surface area contributed by atoms with Crippen LogP contribution in [0, 0.1) is 18.8 Å². The van der Waals surface area contributed by atoms with E-state index in [1.807, 2.05) is 63.4 Å². The molecule has 0 aliphatic heterocycles. The van der Waals surface area contributed by atoms with Gasteiger partial charge in [0, 0.05) is 22.1 Å². The molecule has 2 fully saturated rings. The van der Waals surface area contributed by atoms with E-state index in [2.05, 4.69) is 12.1 Å². The van der Waals surface area contributed by atoms with Gasteiger partial charge in [0.15, 0.2) is 0 Å². The Labute approximate surface area is 287 Å². The SMILES string of the molecule is C.C.CC(C)O.CC(C)OC=C(c1ccc(Cl)cc1)C1CC1.Cc1ccc(S(=O)(=O)O)cc1.O=CC(c1ccc(Cl)cc1)C1CC1. The van der Waals surface area contributed by atoms with Crippen molar-refractivity contribution in [2.75, 3.05) is 0 Å². The van der Waals surface area contributed by atoms with Crippen LogP contribution in [0.2, 0.25) is 10.0 Å². The van der Waals surface area contributed by atoms with Crippen molar-refractivity contribution in [2.45, 2.75) is 98.2 Å². The number of carbonyl (C=O) groups excluding carboxylic acids is 1. The zero-order chi connectivity index (χ0) is 32.9. The summed E-state index contributed by atoms with van der Waals surface area (Å²) in [5.41, 5.74) is 4.59. The average molecular weight is 696 g/mol. The maximum absolute atomic E-state index is 10.8. The number of rotatable bonds is 8. The second-order valence-corrected chi connectivity index (χ2v) is 13.8. The third kappa shape index (κ3) is 17.3. The molecule has 2 aliphatic carbocycles. The number of hydrogen-bond acceptors (Lipinski definition) is 5. The number of ether oxygens (including phenoxy) is 1. The molecule has 0 aromatic heterocycles. The molecule has 2 N–H and O–H groups in total. The molecule has 1 atom stereocenters. The highest BCUT2D eigenvalue weighted by Gasteiger charge is 2.31. The summed E-state index contributed by atoms with van der Waals surface area (Å²) in [6.45, 7) is 9.37. The first-order valence-electron chi connectivity index (χ1n) is 14.8. The van der Waals surface area contributed by atoms with Crippen molar-refractivity contribution in [3.05, 3.63) is 106 Å². The van der Waals surface area contributed by atoms with E-state index in [9.17, 15) is 13.2 Å². The van der Waals surface area contributed by atoms with Crippen LogP contribution in [0.5, 0.6) is 0 Å². The number of carbonyl (C=O) groups is 1. The molecule has 0 radical (unpaired) electrons. The van der Waals surface area contributed by atoms with E-state index in [-0.39, 0.29) is 37.9 Å². The van der Waals surface area contributed by atoms with Gasteiger partial charge in [0.05, 0.1) is 17.3 Å². The van der Waals surface area contributed by atoms with Crippen molar-refractivity contribution in [2.24, 2.45) is 11.8 Å². The maximum Gasteiger partial charge on any atom is 0.294 e. The predicted octanol–water partition coefficient (Wildman–Crippen LogP) is 10.4. The molecule has 9 heteroatoms. The standard InChI is InChI=1S/C14H17ClO.C11H11ClO.C7H8O3S.C3H8O.2CH4/c1-10(2)16-9-14(11-3-4-11)12-5-7-13(15)8-6-12;12-10-5-3-9(4-6-10)11(7-13)8-1-2-8;1-6-2-4-7(5-3-6)11(8,9)10;1-3(2)4;;/h5-11H,3-4H2,1-2H3;3-8,11H,1-2H2;2-5H,1H3,(H,8,9,10);3-4H,1-2H3;2*1H4. The van der Waals surface area contributed by atoms with Crippen LogP contribution in [0.3, 0.4) is 0 Å². The molecule has 0 bridgehead atoms. The molecular weight excluding hydrogens is 643 g/mol. The Hall–Kier alpha value is -2.68. The van der Waals surface area contributed by atoms with Crippen molar-refractivity contribution in [1.82, 2.24) is 0 Å². The Kier molecular flexibility index (Phi) is 20.0. The largest absolute Gasteiger partial charge is 0.498 e. The second kappa shape index (κ2) is 21.2. The molecule has 6 nitrogen and oxygen atoms in total. The number of hydrogen-bond donors (Lipinski definition) is 2. The third-order valence-electron chi connectivity index (χ3n) is 6.51. The van der Waals surface area contributed by atoms with Crippen molar-refractivity contribution < 1.29 is 27.6 Å². The van der Waals surface area contributed by atoms with Crippen molar-refractivity contribution >= 4 is 45.2 Å². The van der Waals surface area contributed by atoms with Gasteiger partial charge in [0.2, 0.25) is 0 Å². The summed E-state index contributed by atoms with van der Waals surface area (Å²) in [6.07, 6.45) is 7.97. The van der Waals surface area contributed by atoms with Gasteiger partial charge in [-0.15, -0.1) is 0 Å². The Morgan fingerprint density at radius 1 is 0.826 bits per heavy atom. The minimum atomic E-state index is -4.02. The van der Waals surface area contributed by atoms with E-state index in [4.69, 9.17) is 37.6 Å². The van der Waals surface area contributed by atoms with E-state index >= 15 is 0 Å². The number of aliphatic hydroxyl groups excluding tert-OH is 1. The fourth-order valence-corrected chi connectivity index (χ4v) is 4.69. The highest BCUT2D eigenvalue weighted by Crippen LogP contribution is 2.42. The third-order valence-corrected chi connectivity index (χ3v) is 7.88.